The van der Waals surface area contributed by atoms with Gasteiger partial charge in [-0.2, -0.15) is 5.10 Å². The van der Waals surface area contributed by atoms with Crippen LogP contribution in [0.25, 0.3) is 5.69 Å². The molecule has 0 aliphatic heterocycles. The minimum atomic E-state index is -0.884. The van der Waals surface area contributed by atoms with Gasteiger partial charge in [0.15, 0.2) is 0 Å². The number of rotatable bonds is 2. The van der Waals surface area contributed by atoms with Gasteiger partial charge in [-0.1, -0.05) is 6.07 Å². The SMILES string of the molecule is CC(O)c1c(F)cccc1-n1cncn1. The Morgan fingerprint density at radius 3 is 2.87 bits per heavy atom. The molecule has 2 aromatic rings. The van der Waals surface area contributed by atoms with Gasteiger partial charge in [0.2, 0.25) is 0 Å². The molecule has 1 aromatic heterocycles. The van der Waals surface area contributed by atoms with Crippen LogP contribution in [0.5, 0.6) is 0 Å². The van der Waals surface area contributed by atoms with Crippen LogP contribution in [0.3, 0.4) is 0 Å². The average Bonchev–Trinajstić information content (AvgIpc) is 2.69. The van der Waals surface area contributed by atoms with Crippen molar-refractivity contribution in [1.29, 1.82) is 0 Å². The van der Waals surface area contributed by atoms with E-state index in [1.54, 1.807) is 12.1 Å². The summed E-state index contributed by atoms with van der Waals surface area (Å²) < 4.78 is 14.9. The van der Waals surface area contributed by atoms with Crippen LogP contribution in [-0.4, -0.2) is 19.9 Å². The van der Waals surface area contributed by atoms with Crippen LogP contribution in [0, 0.1) is 5.82 Å². The van der Waals surface area contributed by atoms with E-state index in [0.29, 0.717) is 5.69 Å². The molecule has 0 bridgehead atoms. The van der Waals surface area contributed by atoms with Crippen LogP contribution in [0.2, 0.25) is 0 Å². The van der Waals surface area contributed by atoms with Gasteiger partial charge in [0, 0.05) is 5.56 Å². The number of aliphatic hydroxyl groups excluding tert-OH is 1. The molecule has 1 unspecified atom stereocenters. The summed E-state index contributed by atoms with van der Waals surface area (Å²) in [5.74, 6) is -0.446. The Labute approximate surface area is 86.0 Å². The third-order valence-electron chi connectivity index (χ3n) is 2.11. The minimum absolute atomic E-state index is 0.225. The Bertz CT molecular complexity index is 454. The number of hydrogen-bond acceptors (Lipinski definition) is 3. The molecule has 15 heavy (non-hydrogen) atoms. The molecule has 0 radical (unpaired) electrons. The van der Waals surface area contributed by atoms with E-state index in [2.05, 4.69) is 10.1 Å². The van der Waals surface area contributed by atoms with E-state index < -0.39 is 11.9 Å². The second kappa shape index (κ2) is 3.78. The summed E-state index contributed by atoms with van der Waals surface area (Å²) in [4.78, 5) is 3.78. The number of benzene rings is 1. The largest absolute Gasteiger partial charge is 0.389 e. The van der Waals surface area contributed by atoms with Crippen molar-refractivity contribution >= 4 is 0 Å². The number of hydrogen-bond donors (Lipinski definition) is 1. The molecule has 0 amide bonds. The zero-order valence-electron chi connectivity index (χ0n) is 8.13. The maximum atomic E-state index is 13.5. The summed E-state index contributed by atoms with van der Waals surface area (Å²) in [5.41, 5.74) is 0.727. The molecule has 0 aliphatic carbocycles. The maximum Gasteiger partial charge on any atom is 0.138 e. The highest BCUT2D eigenvalue weighted by Gasteiger charge is 2.14. The van der Waals surface area contributed by atoms with Crippen LogP contribution in [0.1, 0.15) is 18.6 Å². The number of halogens is 1. The third kappa shape index (κ3) is 1.73. The highest BCUT2D eigenvalue weighted by atomic mass is 19.1. The van der Waals surface area contributed by atoms with Gasteiger partial charge in [0.25, 0.3) is 0 Å². The van der Waals surface area contributed by atoms with E-state index in [0.717, 1.165) is 0 Å². The summed E-state index contributed by atoms with van der Waals surface area (Å²) >= 11 is 0. The molecule has 2 rings (SSSR count). The normalized spacial score (nSPS) is 12.7. The van der Waals surface area contributed by atoms with Gasteiger partial charge in [-0.3, -0.25) is 0 Å². The fraction of sp³-hybridized carbons (Fsp3) is 0.200. The van der Waals surface area contributed by atoms with Crippen LogP contribution in [0.15, 0.2) is 30.9 Å². The lowest BCUT2D eigenvalue weighted by Gasteiger charge is -2.12. The van der Waals surface area contributed by atoms with E-state index in [1.165, 1.54) is 30.3 Å². The monoisotopic (exact) mass is 207 g/mol. The Morgan fingerprint density at radius 1 is 1.47 bits per heavy atom. The molecule has 0 aliphatic rings. The van der Waals surface area contributed by atoms with Crippen molar-refractivity contribution in [3.63, 3.8) is 0 Å². The molecule has 0 saturated carbocycles. The zero-order valence-corrected chi connectivity index (χ0v) is 8.13. The van der Waals surface area contributed by atoms with Crippen LogP contribution in [-0.2, 0) is 0 Å². The molecule has 1 heterocycles. The van der Waals surface area contributed by atoms with Gasteiger partial charge in [-0.15, -0.1) is 0 Å². The van der Waals surface area contributed by atoms with Gasteiger partial charge >= 0.3 is 0 Å². The standard InChI is InChI=1S/C10H10FN3O/c1-7(15)10-8(11)3-2-4-9(10)14-6-12-5-13-14/h2-7,15H,1H3. The van der Waals surface area contributed by atoms with Crippen molar-refractivity contribution < 1.29 is 9.50 Å². The van der Waals surface area contributed by atoms with E-state index in [4.69, 9.17) is 0 Å². The summed E-state index contributed by atoms with van der Waals surface area (Å²) in [6.45, 7) is 1.51. The van der Waals surface area contributed by atoms with Crippen molar-refractivity contribution in [3.05, 3.63) is 42.2 Å². The average molecular weight is 207 g/mol. The van der Waals surface area contributed by atoms with Gasteiger partial charge in [0.05, 0.1) is 11.8 Å². The quantitative estimate of drug-likeness (QED) is 0.811. The summed E-state index contributed by atoms with van der Waals surface area (Å²) in [5, 5.41) is 13.4. The fourth-order valence-electron chi connectivity index (χ4n) is 1.47. The molecular formula is C10H10FN3O. The Balaban J connectivity index is 2.61. The fourth-order valence-corrected chi connectivity index (χ4v) is 1.47. The first-order valence-corrected chi connectivity index (χ1v) is 4.51. The van der Waals surface area contributed by atoms with E-state index in [9.17, 15) is 9.50 Å². The first-order valence-electron chi connectivity index (χ1n) is 4.51. The number of aromatic nitrogens is 3. The summed E-state index contributed by atoms with van der Waals surface area (Å²) in [6.07, 6.45) is 1.93. The molecule has 0 fully saturated rings. The smallest absolute Gasteiger partial charge is 0.138 e. The first-order chi connectivity index (χ1) is 7.20. The maximum absolute atomic E-state index is 13.5. The minimum Gasteiger partial charge on any atom is -0.389 e. The molecule has 0 spiro atoms. The van der Waals surface area contributed by atoms with E-state index in [1.807, 2.05) is 0 Å². The predicted octanol–water partition coefficient (Wildman–Crippen LogP) is 1.46. The Kier molecular flexibility index (Phi) is 2.47. The summed E-state index contributed by atoms with van der Waals surface area (Å²) in [7, 11) is 0. The van der Waals surface area contributed by atoms with Crippen LogP contribution in [0.4, 0.5) is 4.39 Å². The second-order valence-corrected chi connectivity index (χ2v) is 3.19. The van der Waals surface area contributed by atoms with E-state index in [-0.39, 0.29) is 5.56 Å². The molecule has 1 N–H and O–H groups in total. The Morgan fingerprint density at radius 2 is 2.27 bits per heavy atom. The second-order valence-electron chi connectivity index (χ2n) is 3.19. The zero-order chi connectivity index (χ0) is 10.8. The number of nitrogens with zero attached hydrogens (tertiary/aromatic N) is 3. The van der Waals surface area contributed by atoms with Crippen molar-refractivity contribution in [3.8, 4) is 5.69 Å². The van der Waals surface area contributed by atoms with Crippen LogP contribution >= 0.6 is 0 Å². The van der Waals surface area contributed by atoms with Crippen molar-refractivity contribution in [2.75, 3.05) is 0 Å². The summed E-state index contributed by atoms with van der Waals surface area (Å²) in [6, 6.07) is 4.56. The highest BCUT2D eigenvalue weighted by molar-refractivity contribution is 5.42. The molecule has 78 valence electrons. The molecule has 1 aromatic carbocycles. The highest BCUT2D eigenvalue weighted by Crippen LogP contribution is 2.23. The molecule has 4 nitrogen and oxygen atoms in total. The van der Waals surface area contributed by atoms with E-state index >= 15 is 0 Å². The van der Waals surface area contributed by atoms with Crippen molar-refractivity contribution in [2.24, 2.45) is 0 Å². The third-order valence-corrected chi connectivity index (χ3v) is 2.11. The lowest BCUT2D eigenvalue weighted by Crippen LogP contribution is -2.05. The van der Waals surface area contributed by atoms with Gasteiger partial charge in [0.1, 0.15) is 18.5 Å². The van der Waals surface area contributed by atoms with Crippen molar-refractivity contribution in [2.45, 2.75) is 13.0 Å². The van der Waals surface area contributed by atoms with Crippen LogP contribution < -0.4 is 0 Å². The molecule has 1 atom stereocenters. The van der Waals surface area contributed by atoms with Gasteiger partial charge in [-0.05, 0) is 19.1 Å². The van der Waals surface area contributed by atoms with Gasteiger partial charge in [-0.25, -0.2) is 14.1 Å². The predicted molar refractivity (Wildman–Crippen MR) is 52.0 cm³/mol. The molecule has 5 heteroatoms. The molecule has 0 saturated heterocycles. The molecular weight excluding hydrogens is 197 g/mol. The lowest BCUT2D eigenvalue weighted by molar-refractivity contribution is 0.194. The lowest BCUT2D eigenvalue weighted by atomic mass is 10.1. The number of aliphatic hydroxyl groups is 1. The Hall–Kier alpha value is -1.75. The van der Waals surface area contributed by atoms with Crippen molar-refractivity contribution in [1.82, 2.24) is 14.8 Å². The first kappa shape index (κ1) is 9.79. The van der Waals surface area contributed by atoms with Gasteiger partial charge < -0.3 is 5.11 Å². The topological polar surface area (TPSA) is 50.9 Å².